The van der Waals surface area contributed by atoms with Crippen LogP contribution in [0, 0.1) is 18.8 Å². The third-order valence-electron chi connectivity index (χ3n) is 5.22. The van der Waals surface area contributed by atoms with E-state index >= 15 is 0 Å². The van der Waals surface area contributed by atoms with Crippen molar-refractivity contribution in [3.8, 4) is 0 Å². The Morgan fingerprint density at radius 1 is 1.10 bits per heavy atom. The van der Waals surface area contributed by atoms with Crippen molar-refractivity contribution in [3.05, 3.63) is 48.0 Å². The lowest BCUT2D eigenvalue weighted by Gasteiger charge is -2.34. The summed E-state index contributed by atoms with van der Waals surface area (Å²) in [6.07, 6.45) is 2.63. The van der Waals surface area contributed by atoms with E-state index < -0.39 is 15.9 Å². The monoisotopic (exact) mass is 428 g/mol. The molecule has 0 bridgehead atoms. The van der Waals surface area contributed by atoms with Crippen LogP contribution in [0.2, 0.25) is 0 Å². The molecule has 2 atom stereocenters. The van der Waals surface area contributed by atoms with E-state index in [0.29, 0.717) is 36.4 Å². The third kappa shape index (κ3) is 3.92. The molecular weight excluding hydrogens is 404 g/mol. The number of fused-ring (bicyclic) bond motifs is 1. The van der Waals surface area contributed by atoms with Crippen LogP contribution in [0.1, 0.15) is 36.6 Å². The number of anilines is 1. The molecule has 10 heteroatoms. The SMILES string of the molecule is Cc1ccnc2nc(C(=O)Nc3ccc(S(=O)(=O)N4CC(C)CC(C)C4)cc3)nn12. The van der Waals surface area contributed by atoms with Crippen molar-refractivity contribution in [2.24, 2.45) is 11.8 Å². The second kappa shape index (κ2) is 7.77. The lowest BCUT2D eigenvalue weighted by molar-refractivity contribution is 0.101. The molecule has 1 amide bonds. The van der Waals surface area contributed by atoms with Gasteiger partial charge in [-0.2, -0.15) is 9.29 Å². The maximum atomic E-state index is 13.0. The Kier molecular flexibility index (Phi) is 5.29. The fourth-order valence-electron chi connectivity index (χ4n) is 3.85. The molecule has 1 saturated heterocycles. The Morgan fingerprint density at radius 3 is 2.40 bits per heavy atom. The first-order valence-corrected chi connectivity index (χ1v) is 11.3. The molecule has 9 nitrogen and oxygen atoms in total. The van der Waals surface area contributed by atoms with Crippen LogP contribution in [0.15, 0.2) is 41.4 Å². The van der Waals surface area contributed by atoms with Gasteiger partial charge in [-0.05, 0) is 55.5 Å². The van der Waals surface area contributed by atoms with E-state index in [-0.39, 0.29) is 10.7 Å². The molecule has 30 heavy (non-hydrogen) atoms. The van der Waals surface area contributed by atoms with E-state index in [2.05, 4.69) is 34.2 Å². The minimum absolute atomic E-state index is 0.00945. The van der Waals surface area contributed by atoms with Gasteiger partial charge in [0.25, 0.3) is 11.7 Å². The van der Waals surface area contributed by atoms with E-state index in [1.54, 1.807) is 28.7 Å². The van der Waals surface area contributed by atoms with Crippen molar-refractivity contribution in [1.29, 1.82) is 0 Å². The summed E-state index contributed by atoms with van der Waals surface area (Å²) in [6, 6.07) is 7.93. The van der Waals surface area contributed by atoms with E-state index in [4.69, 9.17) is 0 Å². The fourth-order valence-corrected chi connectivity index (χ4v) is 5.53. The molecule has 1 N–H and O–H groups in total. The van der Waals surface area contributed by atoms with Crippen LogP contribution in [-0.4, -0.2) is 51.3 Å². The molecule has 1 aliphatic heterocycles. The first-order valence-electron chi connectivity index (χ1n) is 9.84. The molecule has 158 valence electrons. The van der Waals surface area contributed by atoms with Crippen LogP contribution in [0.25, 0.3) is 5.78 Å². The number of hydrogen-bond donors (Lipinski definition) is 1. The highest BCUT2D eigenvalue weighted by Gasteiger charge is 2.31. The summed E-state index contributed by atoms with van der Waals surface area (Å²) >= 11 is 0. The Morgan fingerprint density at radius 2 is 1.77 bits per heavy atom. The summed E-state index contributed by atoms with van der Waals surface area (Å²) in [5, 5.41) is 6.87. The van der Waals surface area contributed by atoms with Crippen molar-refractivity contribution in [1.82, 2.24) is 23.9 Å². The topological polar surface area (TPSA) is 110 Å². The maximum absolute atomic E-state index is 13.0. The minimum atomic E-state index is -3.56. The number of nitrogens with zero attached hydrogens (tertiary/aromatic N) is 5. The van der Waals surface area contributed by atoms with Gasteiger partial charge in [-0.3, -0.25) is 4.79 Å². The van der Waals surface area contributed by atoms with E-state index in [1.807, 2.05) is 6.92 Å². The van der Waals surface area contributed by atoms with Gasteiger partial charge in [-0.15, -0.1) is 5.10 Å². The first-order chi connectivity index (χ1) is 14.2. The number of benzene rings is 1. The van der Waals surface area contributed by atoms with Crippen LogP contribution >= 0.6 is 0 Å². The van der Waals surface area contributed by atoms with Gasteiger partial charge in [-0.25, -0.2) is 17.9 Å². The van der Waals surface area contributed by atoms with E-state index in [9.17, 15) is 13.2 Å². The molecule has 0 spiro atoms. The molecule has 3 heterocycles. The van der Waals surface area contributed by atoms with Gasteiger partial charge >= 0.3 is 0 Å². The zero-order valence-electron chi connectivity index (χ0n) is 17.1. The molecule has 1 aromatic carbocycles. The van der Waals surface area contributed by atoms with Crippen LogP contribution in [0.5, 0.6) is 0 Å². The van der Waals surface area contributed by atoms with Crippen molar-refractivity contribution in [3.63, 3.8) is 0 Å². The number of carbonyl (C=O) groups excluding carboxylic acids is 1. The van der Waals surface area contributed by atoms with Crippen molar-refractivity contribution in [2.45, 2.75) is 32.1 Å². The van der Waals surface area contributed by atoms with Crippen LogP contribution in [0.3, 0.4) is 0 Å². The summed E-state index contributed by atoms with van der Waals surface area (Å²) in [7, 11) is -3.56. The fraction of sp³-hybridized carbons (Fsp3) is 0.400. The summed E-state index contributed by atoms with van der Waals surface area (Å²) < 4.78 is 29.0. The highest BCUT2D eigenvalue weighted by atomic mass is 32.2. The van der Waals surface area contributed by atoms with Gasteiger partial charge in [0.2, 0.25) is 15.8 Å². The van der Waals surface area contributed by atoms with E-state index in [0.717, 1.165) is 12.1 Å². The van der Waals surface area contributed by atoms with Gasteiger partial charge in [-0.1, -0.05) is 13.8 Å². The normalized spacial score (nSPS) is 20.4. The average molecular weight is 429 g/mol. The minimum Gasteiger partial charge on any atom is -0.319 e. The molecule has 2 aromatic heterocycles. The number of rotatable bonds is 4. The molecular formula is C20H24N6O3S. The number of amides is 1. The Labute approximate surface area is 175 Å². The summed E-state index contributed by atoms with van der Waals surface area (Å²) in [5.74, 6) is 0.502. The number of aromatic nitrogens is 4. The predicted molar refractivity (Wildman–Crippen MR) is 112 cm³/mol. The lowest BCUT2D eigenvalue weighted by Crippen LogP contribution is -2.42. The third-order valence-corrected chi connectivity index (χ3v) is 7.06. The standard InChI is InChI=1S/C20H24N6O3S/c1-13-10-14(2)12-25(11-13)30(28,29)17-6-4-16(5-7-17)22-19(27)18-23-20-21-9-8-15(3)26(20)24-18/h4-9,13-14H,10-12H2,1-3H3,(H,22,27). The average Bonchev–Trinajstić information content (AvgIpc) is 3.14. The number of sulfonamides is 1. The highest BCUT2D eigenvalue weighted by molar-refractivity contribution is 7.89. The number of nitrogens with one attached hydrogen (secondary N) is 1. The van der Waals surface area contributed by atoms with Crippen molar-refractivity contribution in [2.75, 3.05) is 18.4 Å². The van der Waals surface area contributed by atoms with Gasteiger partial charge < -0.3 is 5.32 Å². The smallest absolute Gasteiger partial charge is 0.295 e. The van der Waals surface area contributed by atoms with Gasteiger partial charge in [0.15, 0.2) is 0 Å². The molecule has 0 radical (unpaired) electrons. The van der Waals surface area contributed by atoms with Gasteiger partial charge in [0, 0.05) is 30.7 Å². The van der Waals surface area contributed by atoms with Gasteiger partial charge in [0.1, 0.15) is 0 Å². The maximum Gasteiger partial charge on any atom is 0.295 e. The zero-order chi connectivity index (χ0) is 21.5. The molecule has 2 unspecified atom stereocenters. The molecule has 3 aromatic rings. The molecule has 4 rings (SSSR count). The van der Waals surface area contributed by atoms with Crippen molar-refractivity contribution < 1.29 is 13.2 Å². The number of piperidine rings is 1. The molecule has 0 saturated carbocycles. The predicted octanol–water partition coefficient (Wildman–Crippen LogP) is 2.35. The number of aryl methyl sites for hydroxylation is 1. The highest BCUT2D eigenvalue weighted by Crippen LogP contribution is 2.27. The number of carbonyl (C=O) groups is 1. The lowest BCUT2D eigenvalue weighted by atomic mass is 9.94. The molecule has 1 fully saturated rings. The Bertz CT molecular complexity index is 1180. The second-order valence-electron chi connectivity index (χ2n) is 7.98. The van der Waals surface area contributed by atoms with Crippen molar-refractivity contribution >= 4 is 27.4 Å². The number of hydrogen-bond acceptors (Lipinski definition) is 6. The van der Waals surface area contributed by atoms with Crippen LogP contribution in [0.4, 0.5) is 5.69 Å². The zero-order valence-corrected chi connectivity index (χ0v) is 17.9. The van der Waals surface area contributed by atoms with E-state index in [1.165, 1.54) is 16.6 Å². The van der Waals surface area contributed by atoms with Gasteiger partial charge in [0.05, 0.1) is 4.90 Å². The molecule has 0 aliphatic carbocycles. The molecule has 1 aliphatic rings. The first kappa shape index (κ1) is 20.4. The Hall–Kier alpha value is -2.85. The summed E-state index contributed by atoms with van der Waals surface area (Å²) in [6.45, 7) is 7.03. The van der Waals surface area contributed by atoms with Crippen LogP contribution in [-0.2, 0) is 10.0 Å². The summed E-state index contributed by atoms with van der Waals surface area (Å²) in [4.78, 5) is 20.9. The Balaban J connectivity index is 1.50. The second-order valence-corrected chi connectivity index (χ2v) is 9.92. The summed E-state index contributed by atoms with van der Waals surface area (Å²) in [5.41, 5.74) is 1.27. The van der Waals surface area contributed by atoms with Crippen LogP contribution < -0.4 is 5.32 Å². The quantitative estimate of drug-likeness (QED) is 0.683. The largest absolute Gasteiger partial charge is 0.319 e.